The number of nitrogens with one attached hydrogen (secondary N) is 1. The Morgan fingerprint density at radius 3 is 2.16 bits per heavy atom. The van der Waals surface area contributed by atoms with Gasteiger partial charge in [0, 0.05) is 75.5 Å². The fraction of sp³-hybridized carbons (Fsp3) is 0.486. The van der Waals surface area contributed by atoms with E-state index in [1.165, 1.54) is 29.2 Å². The summed E-state index contributed by atoms with van der Waals surface area (Å²) in [5.41, 5.74) is 0.119. The number of nitrogens with zero attached hydrogens (tertiary/aromatic N) is 5. The first-order chi connectivity index (χ1) is 26.2. The fourth-order valence-corrected chi connectivity index (χ4v) is 7.03. The molecule has 5 atom stereocenters. The molecule has 3 heterocycles. The Morgan fingerprint density at radius 1 is 0.964 bits per heavy atom. The summed E-state index contributed by atoms with van der Waals surface area (Å²) in [6.07, 6.45) is -1.79. The average Bonchev–Trinajstić information content (AvgIpc) is 3.61. The van der Waals surface area contributed by atoms with Crippen molar-refractivity contribution in [1.82, 2.24) is 20.0 Å². The van der Waals surface area contributed by atoms with Gasteiger partial charge >= 0.3 is 18.2 Å². The van der Waals surface area contributed by atoms with Crippen LogP contribution in [0, 0.1) is 32.1 Å². The van der Waals surface area contributed by atoms with Gasteiger partial charge in [-0.15, -0.1) is 0 Å². The van der Waals surface area contributed by atoms with Crippen LogP contribution in [0.15, 0.2) is 48.5 Å². The van der Waals surface area contributed by atoms with Gasteiger partial charge in [0.25, 0.3) is 11.4 Å². The van der Waals surface area contributed by atoms with Crippen LogP contribution in [0.4, 0.5) is 21.0 Å². The van der Waals surface area contributed by atoms with E-state index in [0.29, 0.717) is 56.0 Å². The molecule has 0 radical (unpaired) electrons. The smallest absolute Gasteiger partial charge is 0.433 e. The third-order valence-corrected chi connectivity index (χ3v) is 10.4. The molecule has 0 bridgehead atoms. The molecule has 3 fully saturated rings. The van der Waals surface area contributed by atoms with E-state index in [0.717, 1.165) is 24.3 Å². The highest BCUT2D eigenvalue weighted by Crippen LogP contribution is 2.31. The number of benzene rings is 2. The van der Waals surface area contributed by atoms with E-state index < -0.39 is 52.0 Å². The van der Waals surface area contributed by atoms with E-state index in [-0.39, 0.29) is 61.0 Å². The lowest BCUT2D eigenvalue weighted by molar-refractivity contribution is -0.385. The van der Waals surface area contributed by atoms with Gasteiger partial charge in [0.05, 0.1) is 27.4 Å². The van der Waals surface area contributed by atoms with Gasteiger partial charge in [-0.2, -0.15) is 0 Å². The summed E-state index contributed by atoms with van der Waals surface area (Å²) >= 11 is 5.73. The molecule has 2 aromatic rings. The van der Waals surface area contributed by atoms with Crippen LogP contribution in [-0.4, -0.2) is 129 Å². The fourth-order valence-electron chi connectivity index (χ4n) is 6.74. The molecule has 0 aliphatic carbocycles. The topological polar surface area (TPSA) is 241 Å². The van der Waals surface area contributed by atoms with E-state index in [1.54, 1.807) is 11.8 Å². The van der Waals surface area contributed by atoms with Gasteiger partial charge in [0.2, 0.25) is 11.8 Å². The van der Waals surface area contributed by atoms with Crippen molar-refractivity contribution in [3.63, 3.8) is 0 Å². The number of β-lactam (4-membered cyclic amide) rings is 1. The number of esters is 1. The number of nitro groups is 2. The van der Waals surface area contributed by atoms with Crippen molar-refractivity contribution in [1.29, 1.82) is 0 Å². The van der Waals surface area contributed by atoms with Crippen molar-refractivity contribution in [2.45, 2.75) is 51.0 Å². The van der Waals surface area contributed by atoms with Crippen LogP contribution in [-0.2, 0) is 30.4 Å². The first-order valence-corrected chi connectivity index (χ1v) is 17.9. The highest BCUT2D eigenvalue weighted by atomic mass is 32.1. The molecule has 294 valence electrons. The van der Waals surface area contributed by atoms with Crippen LogP contribution >= 0.6 is 12.2 Å². The van der Waals surface area contributed by atoms with Crippen molar-refractivity contribution in [3.05, 3.63) is 79.9 Å². The minimum absolute atomic E-state index is 0.00390. The maximum absolute atomic E-state index is 13.9. The maximum atomic E-state index is 13.9. The number of thiocarbonyl (C=S) groups is 1. The molecule has 3 saturated heterocycles. The number of carbonyl (C=O) groups is 5. The average molecular weight is 785 g/mol. The molecule has 5 rings (SSSR count). The normalized spacial score (nSPS) is 21.5. The molecule has 20 heteroatoms. The summed E-state index contributed by atoms with van der Waals surface area (Å²) in [4.78, 5) is 90.1. The summed E-state index contributed by atoms with van der Waals surface area (Å²) < 4.78 is 15.4. The molecular formula is C35H40N6O13S. The number of likely N-dealkylation sites (tertiary alicyclic amines) is 1. The highest BCUT2D eigenvalue weighted by Gasteiger charge is 2.46. The minimum atomic E-state index is -1.07. The summed E-state index contributed by atoms with van der Waals surface area (Å²) in [6, 6.07) is 8.81. The number of hydrogen-bond acceptors (Lipinski definition) is 15. The second kappa shape index (κ2) is 18.2. The number of aliphatic hydroxyl groups is 1. The van der Waals surface area contributed by atoms with Gasteiger partial charge < -0.3 is 29.5 Å². The van der Waals surface area contributed by atoms with E-state index in [2.05, 4.69) is 5.32 Å². The predicted octanol–water partition coefficient (Wildman–Crippen LogP) is 2.61. The quantitative estimate of drug-likeness (QED) is 0.0699. The summed E-state index contributed by atoms with van der Waals surface area (Å²) in [5.74, 6) is -2.61. The molecule has 0 saturated carbocycles. The first-order valence-electron chi connectivity index (χ1n) is 17.5. The molecule has 3 amide bonds. The van der Waals surface area contributed by atoms with Gasteiger partial charge in [-0.25, -0.2) is 14.4 Å². The molecule has 0 spiro atoms. The van der Waals surface area contributed by atoms with Gasteiger partial charge in [-0.05, 0) is 60.9 Å². The second-order valence-corrected chi connectivity index (χ2v) is 13.9. The zero-order chi connectivity index (χ0) is 39.8. The van der Waals surface area contributed by atoms with Crippen LogP contribution in [0.3, 0.4) is 0 Å². The van der Waals surface area contributed by atoms with Gasteiger partial charge in [-0.3, -0.25) is 39.6 Å². The molecule has 19 nitrogen and oxygen atoms in total. The standard InChI is InChI=1S/C35H40N6O13S/c1-21(42)30-27(36-31(30)43)10-11-29(55)24-18-28(39(19-24)34(46)54-33(45)23-4-8-26(9-5-23)41(50)51)32(44)38-14-12-37(13-15-38)16-17-52-35(47)53-20-22-2-6-25(7-3-22)40(48)49/h2-9,21,24,27-28,30,42H,10-20H2,1H3,(H,36,43)/t21-,24+,27+,28+,30-/m1/s1. The summed E-state index contributed by atoms with van der Waals surface area (Å²) in [5, 5.41) is 34.5. The Morgan fingerprint density at radius 2 is 1.58 bits per heavy atom. The number of piperazine rings is 1. The zero-order valence-corrected chi connectivity index (χ0v) is 30.6. The van der Waals surface area contributed by atoms with Crippen molar-refractivity contribution in [3.8, 4) is 0 Å². The lowest BCUT2D eigenvalue weighted by Crippen LogP contribution is -2.61. The zero-order valence-electron chi connectivity index (χ0n) is 29.8. The largest absolute Gasteiger partial charge is 0.508 e. The van der Waals surface area contributed by atoms with Crippen LogP contribution < -0.4 is 5.32 Å². The SMILES string of the molecule is C[C@@H](O)[C@H]1C(=O)N[C@H]1CCC(=S)[C@H]1C[C@@H](C(=O)N2CCN(CCOC(=O)OCc3ccc([N+](=O)[O-])cc3)CC2)N(C(=O)OC(=O)c2ccc([N+](=O)[O-])cc2)C1. The third-order valence-electron chi connectivity index (χ3n) is 9.87. The Balaban J connectivity index is 1.14. The summed E-state index contributed by atoms with van der Waals surface area (Å²) in [6.45, 7) is 3.24. The molecular weight excluding hydrogens is 744 g/mol. The van der Waals surface area contributed by atoms with Crippen LogP contribution in [0.25, 0.3) is 0 Å². The monoisotopic (exact) mass is 784 g/mol. The molecule has 55 heavy (non-hydrogen) atoms. The third kappa shape index (κ3) is 10.3. The molecule has 3 aliphatic heterocycles. The van der Waals surface area contributed by atoms with Crippen LogP contribution in [0.1, 0.15) is 42.1 Å². The minimum Gasteiger partial charge on any atom is -0.433 e. The first kappa shape index (κ1) is 40.6. The van der Waals surface area contributed by atoms with E-state index in [4.69, 9.17) is 26.4 Å². The Labute approximate surface area is 319 Å². The van der Waals surface area contributed by atoms with Gasteiger partial charge in [0.1, 0.15) is 19.3 Å². The maximum Gasteiger partial charge on any atom is 0.508 e. The Hall–Kier alpha value is -5.60. The lowest BCUT2D eigenvalue weighted by atomic mass is 9.82. The van der Waals surface area contributed by atoms with E-state index >= 15 is 0 Å². The second-order valence-electron chi connectivity index (χ2n) is 13.4. The Kier molecular flexibility index (Phi) is 13.4. The number of hydrogen-bond donors (Lipinski definition) is 2. The van der Waals surface area contributed by atoms with Gasteiger partial charge in [-0.1, -0.05) is 12.2 Å². The van der Waals surface area contributed by atoms with E-state index in [9.17, 15) is 49.3 Å². The number of nitro benzene ring substituents is 2. The van der Waals surface area contributed by atoms with Crippen LogP contribution in [0.5, 0.6) is 0 Å². The van der Waals surface area contributed by atoms with Crippen molar-refractivity contribution in [2.24, 2.45) is 11.8 Å². The molecule has 3 aliphatic rings. The Bertz CT molecular complexity index is 1800. The highest BCUT2D eigenvalue weighted by molar-refractivity contribution is 7.80. The molecule has 2 N–H and O–H groups in total. The molecule has 2 aromatic carbocycles. The van der Waals surface area contributed by atoms with E-state index in [1.807, 2.05) is 4.90 Å². The molecule has 0 aromatic heterocycles. The summed E-state index contributed by atoms with van der Waals surface area (Å²) in [7, 11) is 0. The van der Waals surface area contributed by atoms with Crippen molar-refractivity contribution in [2.75, 3.05) is 45.9 Å². The number of carbonyl (C=O) groups excluding carboxylic acids is 5. The number of non-ortho nitro benzene ring substituents is 2. The number of amides is 3. The number of rotatable bonds is 14. The lowest BCUT2D eigenvalue weighted by Gasteiger charge is -2.38. The van der Waals surface area contributed by atoms with Crippen molar-refractivity contribution < 1.29 is 53.1 Å². The number of ether oxygens (including phenoxy) is 3. The van der Waals surface area contributed by atoms with Crippen molar-refractivity contribution >= 4 is 58.5 Å². The van der Waals surface area contributed by atoms with Crippen LogP contribution in [0.2, 0.25) is 0 Å². The number of aliphatic hydroxyl groups excluding tert-OH is 1. The predicted molar refractivity (Wildman–Crippen MR) is 194 cm³/mol. The van der Waals surface area contributed by atoms with Gasteiger partial charge in [0.15, 0.2) is 0 Å². The molecule has 0 unspecified atom stereocenters.